The fourth-order valence-electron chi connectivity index (χ4n) is 1.76. The fraction of sp³-hybridized carbons (Fsp3) is 0.143. The molecule has 0 aliphatic rings. The Hall–Kier alpha value is -1.65. The Morgan fingerprint density at radius 2 is 2.05 bits per heavy atom. The van der Waals surface area contributed by atoms with Crippen LogP contribution in [0.5, 0.6) is 0 Å². The van der Waals surface area contributed by atoms with Gasteiger partial charge in [-0.1, -0.05) is 41.4 Å². The number of pyridine rings is 1. The van der Waals surface area contributed by atoms with Gasteiger partial charge in [-0.25, -0.2) is 9.37 Å². The maximum atomic E-state index is 13.1. The zero-order valence-corrected chi connectivity index (χ0v) is 12.0. The molecule has 3 nitrogen and oxygen atoms in total. The summed E-state index contributed by atoms with van der Waals surface area (Å²) in [5, 5.41) is 3.21. The zero-order chi connectivity index (χ0) is 14.7. The summed E-state index contributed by atoms with van der Waals surface area (Å²) in [5.74, 6) is -1.13. The number of amides is 1. The highest BCUT2D eigenvalue weighted by Gasteiger charge is 2.17. The second kappa shape index (κ2) is 6.20. The van der Waals surface area contributed by atoms with E-state index < -0.39 is 11.7 Å². The first-order valence-electron chi connectivity index (χ1n) is 5.85. The van der Waals surface area contributed by atoms with Crippen molar-refractivity contribution in [1.82, 2.24) is 10.3 Å². The maximum Gasteiger partial charge on any atom is 0.254 e. The molecule has 0 spiro atoms. The third kappa shape index (κ3) is 3.26. The van der Waals surface area contributed by atoms with Crippen LogP contribution in [0.4, 0.5) is 4.39 Å². The summed E-state index contributed by atoms with van der Waals surface area (Å²) in [6, 6.07) is 7.86. The zero-order valence-electron chi connectivity index (χ0n) is 10.5. The summed E-state index contributed by atoms with van der Waals surface area (Å²) < 4.78 is 13.1. The minimum atomic E-state index is -0.620. The average molecular weight is 313 g/mol. The van der Waals surface area contributed by atoms with Gasteiger partial charge in [0.1, 0.15) is 11.0 Å². The van der Waals surface area contributed by atoms with Crippen LogP contribution in [0.1, 0.15) is 28.9 Å². The molecule has 2 aromatic rings. The Morgan fingerprint density at radius 1 is 1.35 bits per heavy atom. The molecule has 0 radical (unpaired) electrons. The molecule has 0 bridgehead atoms. The summed E-state index contributed by atoms with van der Waals surface area (Å²) in [6.07, 6.45) is 0.955. The van der Waals surface area contributed by atoms with Crippen LogP contribution in [0.3, 0.4) is 0 Å². The molecule has 2 rings (SSSR count). The summed E-state index contributed by atoms with van der Waals surface area (Å²) in [5.41, 5.74) is 0.758. The Morgan fingerprint density at radius 3 is 2.75 bits per heavy atom. The van der Waals surface area contributed by atoms with Crippen LogP contribution in [0, 0.1) is 5.82 Å². The lowest BCUT2D eigenvalue weighted by atomic mass is 10.1. The maximum absolute atomic E-state index is 13.1. The van der Waals surface area contributed by atoms with Crippen LogP contribution < -0.4 is 5.32 Å². The number of nitrogens with one attached hydrogen (secondary N) is 1. The Bertz CT molecular complexity index is 649. The van der Waals surface area contributed by atoms with Crippen molar-refractivity contribution in [3.63, 3.8) is 0 Å². The molecular weight excluding hydrogens is 302 g/mol. The SMILES string of the molecule is CC(NC(=O)c1cc(F)cnc1Cl)c1ccccc1Cl. The summed E-state index contributed by atoms with van der Waals surface area (Å²) in [4.78, 5) is 15.7. The molecule has 1 aromatic heterocycles. The summed E-state index contributed by atoms with van der Waals surface area (Å²) >= 11 is 11.8. The van der Waals surface area contributed by atoms with Gasteiger partial charge in [0.15, 0.2) is 0 Å². The Balaban J connectivity index is 2.20. The smallest absolute Gasteiger partial charge is 0.254 e. The van der Waals surface area contributed by atoms with Crippen molar-refractivity contribution in [3.05, 3.63) is 63.6 Å². The van der Waals surface area contributed by atoms with Crippen LogP contribution in [-0.4, -0.2) is 10.9 Å². The third-order valence-electron chi connectivity index (χ3n) is 2.77. The van der Waals surface area contributed by atoms with Gasteiger partial charge >= 0.3 is 0 Å². The quantitative estimate of drug-likeness (QED) is 0.870. The first kappa shape index (κ1) is 14.8. The van der Waals surface area contributed by atoms with Crippen molar-refractivity contribution in [1.29, 1.82) is 0 Å². The summed E-state index contributed by atoms with van der Waals surface area (Å²) in [6.45, 7) is 1.78. The number of carbonyl (C=O) groups is 1. The lowest BCUT2D eigenvalue weighted by molar-refractivity contribution is 0.0939. The second-order valence-corrected chi connectivity index (χ2v) is 4.97. The topological polar surface area (TPSA) is 42.0 Å². The van der Waals surface area contributed by atoms with Crippen molar-refractivity contribution >= 4 is 29.1 Å². The number of nitrogens with zero attached hydrogens (tertiary/aromatic N) is 1. The molecule has 0 aliphatic carbocycles. The molecule has 0 saturated carbocycles. The Kier molecular flexibility index (Phi) is 4.57. The first-order chi connectivity index (χ1) is 9.49. The second-order valence-electron chi connectivity index (χ2n) is 4.21. The van der Waals surface area contributed by atoms with Gasteiger partial charge in [-0.3, -0.25) is 4.79 Å². The molecule has 1 amide bonds. The van der Waals surface area contributed by atoms with Crippen molar-refractivity contribution < 1.29 is 9.18 Å². The molecule has 1 N–H and O–H groups in total. The first-order valence-corrected chi connectivity index (χ1v) is 6.61. The largest absolute Gasteiger partial charge is 0.345 e. The van der Waals surface area contributed by atoms with Crippen LogP contribution in [0.2, 0.25) is 10.2 Å². The van der Waals surface area contributed by atoms with E-state index in [2.05, 4.69) is 10.3 Å². The number of benzene rings is 1. The van der Waals surface area contributed by atoms with E-state index >= 15 is 0 Å². The highest BCUT2D eigenvalue weighted by atomic mass is 35.5. The van der Waals surface area contributed by atoms with Crippen LogP contribution in [-0.2, 0) is 0 Å². The van der Waals surface area contributed by atoms with Gasteiger partial charge in [-0.05, 0) is 24.6 Å². The molecule has 1 atom stereocenters. The molecule has 1 aromatic carbocycles. The van der Waals surface area contributed by atoms with Gasteiger partial charge in [-0.2, -0.15) is 0 Å². The van der Waals surface area contributed by atoms with E-state index in [0.29, 0.717) is 5.02 Å². The van der Waals surface area contributed by atoms with Crippen molar-refractivity contribution in [3.8, 4) is 0 Å². The minimum Gasteiger partial charge on any atom is -0.345 e. The van der Waals surface area contributed by atoms with E-state index in [0.717, 1.165) is 17.8 Å². The van der Waals surface area contributed by atoms with Crippen LogP contribution in [0.25, 0.3) is 0 Å². The molecule has 0 saturated heterocycles. The van der Waals surface area contributed by atoms with Gasteiger partial charge in [0.05, 0.1) is 17.8 Å². The van der Waals surface area contributed by atoms with Gasteiger partial charge in [-0.15, -0.1) is 0 Å². The number of halogens is 3. The van der Waals surface area contributed by atoms with E-state index in [4.69, 9.17) is 23.2 Å². The standard InChI is InChI=1S/C14H11Cl2FN2O/c1-8(10-4-2-3-5-12(10)15)19-14(20)11-6-9(17)7-18-13(11)16/h2-8H,1H3,(H,19,20). The van der Waals surface area contributed by atoms with Gasteiger partial charge in [0, 0.05) is 5.02 Å². The number of rotatable bonds is 3. The molecule has 20 heavy (non-hydrogen) atoms. The normalized spacial score (nSPS) is 12.0. The van der Waals surface area contributed by atoms with Crippen molar-refractivity contribution in [2.75, 3.05) is 0 Å². The number of hydrogen-bond acceptors (Lipinski definition) is 2. The molecular formula is C14H11Cl2FN2O. The van der Waals surface area contributed by atoms with Crippen molar-refractivity contribution in [2.45, 2.75) is 13.0 Å². The molecule has 0 aliphatic heterocycles. The highest BCUT2D eigenvalue weighted by Crippen LogP contribution is 2.23. The lowest BCUT2D eigenvalue weighted by Gasteiger charge is -2.16. The van der Waals surface area contributed by atoms with Gasteiger partial charge < -0.3 is 5.32 Å². The monoisotopic (exact) mass is 312 g/mol. The average Bonchev–Trinajstić information content (AvgIpc) is 2.41. The lowest BCUT2D eigenvalue weighted by Crippen LogP contribution is -2.27. The third-order valence-corrected chi connectivity index (χ3v) is 3.42. The van der Waals surface area contributed by atoms with E-state index in [1.807, 2.05) is 6.07 Å². The van der Waals surface area contributed by atoms with Gasteiger partial charge in [0.2, 0.25) is 0 Å². The van der Waals surface area contributed by atoms with Crippen LogP contribution >= 0.6 is 23.2 Å². The number of aromatic nitrogens is 1. The highest BCUT2D eigenvalue weighted by molar-refractivity contribution is 6.32. The fourth-order valence-corrected chi connectivity index (χ4v) is 2.25. The van der Waals surface area contributed by atoms with E-state index in [1.165, 1.54) is 0 Å². The molecule has 0 fully saturated rings. The van der Waals surface area contributed by atoms with Gasteiger partial charge in [0.25, 0.3) is 5.91 Å². The van der Waals surface area contributed by atoms with E-state index in [9.17, 15) is 9.18 Å². The van der Waals surface area contributed by atoms with E-state index in [1.54, 1.807) is 25.1 Å². The molecule has 1 unspecified atom stereocenters. The predicted molar refractivity (Wildman–Crippen MR) is 76.5 cm³/mol. The van der Waals surface area contributed by atoms with E-state index in [-0.39, 0.29) is 16.8 Å². The molecule has 104 valence electrons. The molecule has 1 heterocycles. The van der Waals surface area contributed by atoms with Crippen LogP contribution in [0.15, 0.2) is 36.5 Å². The predicted octanol–water partition coefficient (Wildman–Crippen LogP) is 4.02. The number of hydrogen-bond donors (Lipinski definition) is 1. The van der Waals surface area contributed by atoms with Crippen molar-refractivity contribution in [2.24, 2.45) is 0 Å². The number of carbonyl (C=O) groups excluding carboxylic acids is 1. The Labute approximate surface area is 125 Å². The summed E-state index contributed by atoms with van der Waals surface area (Å²) in [7, 11) is 0. The minimum absolute atomic E-state index is 0.00873. The molecule has 6 heteroatoms.